The van der Waals surface area contributed by atoms with Crippen LogP contribution in [0, 0.1) is 17.2 Å². The lowest BCUT2D eigenvalue weighted by molar-refractivity contribution is 0.00578. The van der Waals surface area contributed by atoms with Crippen LogP contribution in [0.25, 0.3) is 0 Å². The van der Waals surface area contributed by atoms with Crippen molar-refractivity contribution < 1.29 is 9.31 Å². The van der Waals surface area contributed by atoms with Crippen LogP contribution in [0.1, 0.15) is 83.2 Å². The molecule has 2 aliphatic carbocycles. The van der Waals surface area contributed by atoms with Crippen molar-refractivity contribution in [3.05, 3.63) is 35.2 Å². The first kappa shape index (κ1) is 22.6. The summed E-state index contributed by atoms with van der Waals surface area (Å²) in [7, 11) is -0.290. The van der Waals surface area contributed by atoms with Gasteiger partial charge in [-0.2, -0.15) is 10.1 Å². The van der Waals surface area contributed by atoms with Crippen molar-refractivity contribution in [2.24, 2.45) is 5.92 Å². The number of benzene rings is 1. The van der Waals surface area contributed by atoms with Crippen molar-refractivity contribution in [3.63, 3.8) is 0 Å². The van der Waals surface area contributed by atoms with E-state index in [1.165, 1.54) is 37.7 Å². The molecule has 1 spiro atoms. The minimum atomic E-state index is -0.313. The summed E-state index contributed by atoms with van der Waals surface area (Å²) in [5, 5.41) is 21.5. The highest BCUT2D eigenvalue weighted by Crippen LogP contribution is 2.50. The first-order chi connectivity index (χ1) is 15.7. The second-order valence-corrected chi connectivity index (χ2v) is 11.1. The summed E-state index contributed by atoms with van der Waals surface area (Å²) in [5.41, 5.74) is 3.85. The number of nitriles is 1. The molecule has 2 aromatic rings. The minimum absolute atomic E-state index is 0.290. The molecule has 5 rings (SSSR count). The van der Waals surface area contributed by atoms with Crippen molar-refractivity contribution in [2.75, 3.05) is 0 Å². The van der Waals surface area contributed by atoms with Gasteiger partial charge in [-0.3, -0.25) is 0 Å². The SMILES string of the molecule is CC1(C)OB(c2ccc3c(c2)CCC32CCC(Cc3nnn(CCC#N)n3)CC2)OC1(C)C. The number of fused-ring (bicyclic) bond motifs is 2. The molecule has 1 saturated carbocycles. The van der Waals surface area contributed by atoms with Crippen LogP contribution < -0.4 is 5.46 Å². The molecule has 1 saturated heterocycles. The van der Waals surface area contributed by atoms with Gasteiger partial charge in [0.05, 0.1) is 30.2 Å². The van der Waals surface area contributed by atoms with Gasteiger partial charge in [0.2, 0.25) is 0 Å². The van der Waals surface area contributed by atoms with Crippen molar-refractivity contribution >= 4 is 12.6 Å². The number of hydrogen-bond donors (Lipinski definition) is 0. The Bertz CT molecular complexity index is 1050. The van der Waals surface area contributed by atoms with E-state index in [1.54, 1.807) is 10.4 Å². The molecule has 174 valence electrons. The second-order valence-electron chi connectivity index (χ2n) is 11.1. The molecular weight excluding hydrogens is 413 g/mol. The largest absolute Gasteiger partial charge is 0.494 e. The monoisotopic (exact) mass is 447 g/mol. The van der Waals surface area contributed by atoms with E-state index in [-0.39, 0.29) is 18.3 Å². The first-order valence-corrected chi connectivity index (χ1v) is 12.3. The molecule has 1 aromatic carbocycles. The molecule has 0 amide bonds. The Balaban J connectivity index is 1.23. The van der Waals surface area contributed by atoms with Gasteiger partial charge in [0.25, 0.3) is 0 Å². The zero-order chi connectivity index (χ0) is 23.3. The van der Waals surface area contributed by atoms with Crippen LogP contribution in [-0.4, -0.2) is 38.5 Å². The fourth-order valence-electron chi connectivity index (χ4n) is 5.79. The Morgan fingerprint density at radius 3 is 2.55 bits per heavy atom. The number of aromatic nitrogens is 4. The number of rotatable bonds is 5. The van der Waals surface area contributed by atoms with Crippen LogP contribution in [0.3, 0.4) is 0 Å². The van der Waals surface area contributed by atoms with Gasteiger partial charge >= 0.3 is 7.12 Å². The summed E-state index contributed by atoms with van der Waals surface area (Å²) in [6.45, 7) is 8.95. The third-order valence-electron chi connectivity index (χ3n) is 8.55. The number of aryl methyl sites for hydroxylation is 2. The van der Waals surface area contributed by atoms with E-state index in [4.69, 9.17) is 14.6 Å². The minimum Gasteiger partial charge on any atom is -0.399 e. The van der Waals surface area contributed by atoms with Crippen LogP contribution in [0.2, 0.25) is 0 Å². The van der Waals surface area contributed by atoms with E-state index in [0.29, 0.717) is 24.3 Å². The molecule has 1 aliphatic heterocycles. The predicted octanol–water partition coefficient (Wildman–Crippen LogP) is 3.50. The Hall–Kier alpha value is -2.24. The van der Waals surface area contributed by atoms with Crippen LogP contribution in [0.5, 0.6) is 0 Å². The lowest BCUT2D eigenvalue weighted by Gasteiger charge is -2.38. The third kappa shape index (κ3) is 4.10. The van der Waals surface area contributed by atoms with Gasteiger partial charge < -0.3 is 9.31 Å². The van der Waals surface area contributed by atoms with Gasteiger partial charge in [0, 0.05) is 6.42 Å². The molecule has 2 fully saturated rings. The average Bonchev–Trinajstić information content (AvgIpc) is 3.43. The molecule has 8 heteroatoms. The van der Waals surface area contributed by atoms with Crippen LogP contribution in [0.4, 0.5) is 0 Å². The topological polar surface area (TPSA) is 85.9 Å². The van der Waals surface area contributed by atoms with E-state index in [0.717, 1.165) is 24.1 Å². The van der Waals surface area contributed by atoms with Gasteiger partial charge in [-0.25, -0.2) is 0 Å². The fraction of sp³-hybridized carbons (Fsp3) is 0.680. The Morgan fingerprint density at radius 1 is 1.12 bits per heavy atom. The van der Waals surface area contributed by atoms with Crippen molar-refractivity contribution in [2.45, 2.75) is 102 Å². The zero-order valence-corrected chi connectivity index (χ0v) is 20.3. The first-order valence-electron chi connectivity index (χ1n) is 12.3. The Morgan fingerprint density at radius 2 is 1.85 bits per heavy atom. The molecule has 2 heterocycles. The van der Waals surface area contributed by atoms with E-state index >= 15 is 0 Å². The highest BCUT2D eigenvalue weighted by atomic mass is 16.7. The van der Waals surface area contributed by atoms with Crippen molar-refractivity contribution in [1.29, 1.82) is 5.26 Å². The molecule has 0 N–H and O–H groups in total. The normalized spacial score (nSPS) is 27.6. The maximum absolute atomic E-state index is 8.73. The second kappa shape index (κ2) is 8.21. The lowest BCUT2D eigenvalue weighted by atomic mass is 9.66. The molecule has 33 heavy (non-hydrogen) atoms. The molecule has 1 aromatic heterocycles. The summed E-state index contributed by atoms with van der Waals surface area (Å²) in [6.07, 6.45) is 8.53. The summed E-state index contributed by atoms with van der Waals surface area (Å²) in [5.74, 6) is 1.42. The summed E-state index contributed by atoms with van der Waals surface area (Å²) in [6, 6.07) is 9.04. The maximum atomic E-state index is 8.73. The highest BCUT2D eigenvalue weighted by molar-refractivity contribution is 6.62. The molecule has 3 aliphatic rings. The van der Waals surface area contributed by atoms with E-state index in [1.807, 2.05) is 0 Å². The van der Waals surface area contributed by atoms with Crippen LogP contribution in [0.15, 0.2) is 18.2 Å². The highest BCUT2D eigenvalue weighted by Gasteiger charge is 2.52. The van der Waals surface area contributed by atoms with Crippen molar-refractivity contribution in [3.8, 4) is 6.07 Å². The van der Waals surface area contributed by atoms with Gasteiger partial charge in [-0.15, -0.1) is 10.2 Å². The van der Waals surface area contributed by atoms with Gasteiger partial charge in [0.1, 0.15) is 0 Å². The number of tetrazole rings is 1. The summed E-state index contributed by atoms with van der Waals surface area (Å²) >= 11 is 0. The van der Waals surface area contributed by atoms with Gasteiger partial charge in [-0.05, 0) is 99.4 Å². The molecule has 0 bridgehead atoms. The number of hydrogen-bond acceptors (Lipinski definition) is 6. The van der Waals surface area contributed by atoms with Gasteiger partial charge in [-0.1, -0.05) is 18.2 Å². The summed E-state index contributed by atoms with van der Waals surface area (Å²) < 4.78 is 12.6. The number of nitrogens with zero attached hydrogens (tertiary/aromatic N) is 5. The molecule has 0 radical (unpaired) electrons. The maximum Gasteiger partial charge on any atom is 0.494 e. The van der Waals surface area contributed by atoms with E-state index < -0.39 is 0 Å². The molecule has 7 nitrogen and oxygen atoms in total. The van der Waals surface area contributed by atoms with Gasteiger partial charge in [0.15, 0.2) is 5.82 Å². The standard InChI is InChI=1S/C25H34BN5O2/c1-23(2)24(3,4)33-26(32-23)20-6-7-21-19(17-20)10-13-25(21)11-8-18(9-12-25)16-22-28-30-31(29-22)15-5-14-27/h6-7,17-18H,5,8-13,15-16H2,1-4H3. The molecule has 0 unspecified atom stereocenters. The molecular formula is C25H34BN5O2. The van der Waals surface area contributed by atoms with Crippen molar-refractivity contribution in [1.82, 2.24) is 20.2 Å². The van der Waals surface area contributed by atoms with E-state index in [2.05, 4.69) is 67.4 Å². The van der Waals surface area contributed by atoms with E-state index in [9.17, 15) is 0 Å². The molecule has 0 atom stereocenters. The van der Waals surface area contributed by atoms with Crippen LogP contribution >= 0.6 is 0 Å². The zero-order valence-electron chi connectivity index (χ0n) is 20.3. The third-order valence-corrected chi connectivity index (χ3v) is 8.55. The average molecular weight is 447 g/mol. The fourth-order valence-corrected chi connectivity index (χ4v) is 5.79. The van der Waals surface area contributed by atoms with Crippen LogP contribution in [-0.2, 0) is 34.1 Å². The Kier molecular flexibility index (Phi) is 5.61. The smallest absolute Gasteiger partial charge is 0.399 e. The lowest BCUT2D eigenvalue weighted by Crippen LogP contribution is -2.41. The summed E-state index contributed by atoms with van der Waals surface area (Å²) in [4.78, 5) is 1.55. The quantitative estimate of drug-likeness (QED) is 0.653. The Labute approximate surface area is 197 Å². The predicted molar refractivity (Wildman–Crippen MR) is 126 cm³/mol.